The topological polar surface area (TPSA) is 73.0 Å². The molecule has 7 nitrogen and oxygen atoms in total. The van der Waals surface area contributed by atoms with Crippen LogP contribution in [-0.4, -0.2) is 87.3 Å². The van der Waals surface area contributed by atoms with Crippen molar-refractivity contribution in [2.24, 2.45) is 11.8 Å². The second-order valence-electron chi connectivity index (χ2n) is 8.53. The Kier molecular flexibility index (Phi) is 7.72. The highest BCUT2D eigenvalue weighted by Crippen LogP contribution is 2.26. The Hall–Kier alpha value is -1.00. The Morgan fingerprint density at radius 1 is 1.24 bits per heavy atom. The van der Waals surface area contributed by atoms with Gasteiger partial charge in [0.2, 0.25) is 5.91 Å². The van der Waals surface area contributed by atoms with Crippen LogP contribution in [0.15, 0.2) is 21.7 Å². The largest absolute Gasteiger partial charge is 0.354 e. The molecule has 0 bridgehead atoms. The monoisotopic (exact) mass is 442 g/mol. The first kappa shape index (κ1) is 22.7. The number of hydrogen-bond donors (Lipinski definition) is 1. The predicted octanol–water partition coefficient (Wildman–Crippen LogP) is 1.54. The average molecular weight is 443 g/mol. The minimum absolute atomic E-state index is 0.0177. The SMILES string of the molecule is CC(C)C(CNC(=O)C1CCCN(S(=O)(=O)c2cccs2)C1)N1CCN(C)CC1. The zero-order valence-corrected chi connectivity index (χ0v) is 19.3. The number of likely N-dealkylation sites (N-methyl/N-ethyl adjacent to an activating group) is 1. The van der Waals surface area contributed by atoms with E-state index in [4.69, 9.17) is 0 Å². The smallest absolute Gasteiger partial charge is 0.252 e. The van der Waals surface area contributed by atoms with Crippen molar-refractivity contribution < 1.29 is 13.2 Å². The lowest BCUT2D eigenvalue weighted by Crippen LogP contribution is -2.55. The van der Waals surface area contributed by atoms with Crippen LogP contribution in [0, 0.1) is 11.8 Å². The van der Waals surface area contributed by atoms with Crippen LogP contribution < -0.4 is 5.32 Å². The molecule has 0 spiro atoms. The van der Waals surface area contributed by atoms with E-state index < -0.39 is 10.0 Å². The molecule has 0 radical (unpaired) electrons. The maximum Gasteiger partial charge on any atom is 0.252 e. The molecule has 9 heteroatoms. The van der Waals surface area contributed by atoms with Crippen molar-refractivity contribution in [3.63, 3.8) is 0 Å². The van der Waals surface area contributed by atoms with Crippen LogP contribution in [0.1, 0.15) is 26.7 Å². The van der Waals surface area contributed by atoms with Crippen molar-refractivity contribution in [3.05, 3.63) is 17.5 Å². The molecule has 3 heterocycles. The summed E-state index contributed by atoms with van der Waals surface area (Å²) in [5.74, 6) is 0.149. The number of piperazine rings is 1. The molecule has 0 aliphatic carbocycles. The fourth-order valence-corrected chi connectivity index (χ4v) is 6.87. The van der Waals surface area contributed by atoms with E-state index in [0.717, 1.165) is 39.0 Å². The van der Waals surface area contributed by atoms with Gasteiger partial charge in [-0.05, 0) is 37.3 Å². The van der Waals surface area contributed by atoms with E-state index in [2.05, 4.69) is 36.0 Å². The molecule has 0 saturated carbocycles. The normalized spacial score (nSPS) is 23.9. The van der Waals surface area contributed by atoms with Crippen molar-refractivity contribution in [1.29, 1.82) is 0 Å². The lowest BCUT2D eigenvalue weighted by atomic mass is 9.97. The minimum Gasteiger partial charge on any atom is -0.354 e. The van der Waals surface area contributed by atoms with Gasteiger partial charge in [0, 0.05) is 51.9 Å². The first-order valence-corrected chi connectivity index (χ1v) is 12.8. The van der Waals surface area contributed by atoms with E-state index in [1.54, 1.807) is 17.5 Å². The Morgan fingerprint density at radius 3 is 2.59 bits per heavy atom. The lowest BCUT2D eigenvalue weighted by molar-refractivity contribution is -0.126. The van der Waals surface area contributed by atoms with Gasteiger partial charge in [-0.1, -0.05) is 19.9 Å². The zero-order valence-electron chi connectivity index (χ0n) is 17.7. The number of amides is 1. The Labute approximate surface area is 179 Å². The average Bonchev–Trinajstić information content (AvgIpc) is 3.25. The number of carbonyl (C=O) groups is 1. The maximum atomic E-state index is 12.9. The Bertz CT molecular complexity index is 759. The van der Waals surface area contributed by atoms with E-state index in [1.165, 1.54) is 15.6 Å². The molecule has 2 aliphatic rings. The van der Waals surface area contributed by atoms with Crippen molar-refractivity contribution in [2.45, 2.75) is 36.9 Å². The summed E-state index contributed by atoms with van der Waals surface area (Å²) in [6.45, 7) is 9.92. The lowest BCUT2D eigenvalue weighted by Gasteiger charge is -2.40. The molecular formula is C20H34N4O3S2. The number of nitrogens with zero attached hydrogens (tertiary/aromatic N) is 3. The van der Waals surface area contributed by atoms with E-state index >= 15 is 0 Å². The number of nitrogens with one attached hydrogen (secondary N) is 1. The summed E-state index contributed by atoms with van der Waals surface area (Å²) < 4.78 is 27.4. The van der Waals surface area contributed by atoms with E-state index in [-0.39, 0.29) is 18.4 Å². The van der Waals surface area contributed by atoms with Crippen molar-refractivity contribution in [1.82, 2.24) is 19.4 Å². The zero-order chi connectivity index (χ0) is 21.0. The highest BCUT2D eigenvalue weighted by Gasteiger charge is 2.34. The van der Waals surface area contributed by atoms with Crippen LogP contribution in [0.4, 0.5) is 0 Å². The van der Waals surface area contributed by atoms with Crippen LogP contribution in [-0.2, 0) is 14.8 Å². The highest BCUT2D eigenvalue weighted by atomic mass is 32.2. The molecule has 2 atom stereocenters. The molecule has 1 aromatic heterocycles. The minimum atomic E-state index is -3.49. The molecule has 3 rings (SSSR count). The predicted molar refractivity (Wildman–Crippen MR) is 117 cm³/mol. The summed E-state index contributed by atoms with van der Waals surface area (Å²) in [5.41, 5.74) is 0. The number of rotatable bonds is 7. The third kappa shape index (κ3) is 5.58. The molecule has 2 fully saturated rings. The van der Waals surface area contributed by atoms with Gasteiger partial charge in [-0.2, -0.15) is 4.31 Å². The molecule has 164 valence electrons. The van der Waals surface area contributed by atoms with Crippen molar-refractivity contribution in [3.8, 4) is 0 Å². The van der Waals surface area contributed by atoms with Gasteiger partial charge in [-0.3, -0.25) is 9.69 Å². The number of thiophene rings is 1. The van der Waals surface area contributed by atoms with Gasteiger partial charge in [0.15, 0.2) is 0 Å². The molecule has 29 heavy (non-hydrogen) atoms. The summed E-state index contributed by atoms with van der Waals surface area (Å²) in [5, 5.41) is 4.91. The second kappa shape index (κ2) is 9.87. The first-order valence-electron chi connectivity index (χ1n) is 10.5. The fourth-order valence-electron chi connectivity index (χ4n) is 4.20. The van der Waals surface area contributed by atoms with Gasteiger partial charge in [0.05, 0.1) is 5.92 Å². The van der Waals surface area contributed by atoms with Crippen LogP contribution in [0.2, 0.25) is 0 Å². The maximum absolute atomic E-state index is 12.9. The van der Waals surface area contributed by atoms with Gasteiger partial charge in [-0.25, -0.2) is 8.42 Å². The van der Waals surface area contributed by atoms with Crippen molar-refractivity contribution in [2.75, 3.05) is 52.9 Å². The van der Waals surface area contributed by atoms with Gasteiger partial charge >= 0.3 is 0 Å². The summed E-state index contributed by atoms with van der Waals surface area (Å²) >= 11 is 1.23. The number of hydrogen-bond acceptors (Lipinski definition) is 6. The Balaban J connectivity index is 1.57. The summed E-state index contributed by atoms with van der Waals surface area (Å²) in [4.78, 5) is 17.7. The first-order chi connectivity index (χ1) is 13.8. The number of carbonyl (C=O) groups excluding carboxylic acids is 1. The second-order valence-corrected chi connectivity index (χ2v) is 11.6. The van der Waals surface area contributed by atoms with E-state index in [1.807, 2.05) is 0 Å². The summed E-state index contributed by atoms with van der Waals surface area (Å²) in [6, 6.07) is 3.69. The molecule has 2 unspecified atom stereocenters. The Morgan fingerprint density at radius 2 is 1.97 bits per heavy atom. The van der Waals surface area contributed by atoms with Crippen LogP contribution in [0.5, 0.6) is 0 Å². The van der Waals surface area contributed by atoms with E-state index in [9.17, 15) is 13.2 Å². The highest BCUT2D eigenvalue weighted by molar-refractivity contribution is 7.91. The summed E-state index contributed by atoms with van der Waals surface area (Å²) in [7, 11) is -1.35. The quantitative estimate of drug-likeness (QED) is 0.693. The molecule has 1 aromatic rings. The standard InChI is InChI=1S/C20H34N4O3S2/c1-16(2)18(23-11-9-22(3)10-12-23)14-21-20(25)17-6-4-8-24(15-17)29(26,27)19-7-5-13-28-19/h5,7,13,16-18H,4,6,8-12,14-15H2,1-3H3,(H,21,25). The van der Waals surface area contributed by atoms with Gasteiger partial charge in [0.1, 0.15) is 4.21 Å². The van der Waals surface area contributed by atoms with Crippen LogP contribution >= 0.6 is 11.3 Å². The fraction of sp³-hybridized carbons (Fsp3) is 0.750. The molecule has 1 N–H and O–H groups in total. The van der Waals surface area contributed by atoms with Gasteiger partial charge < -0.3 is 10.2 Å². The van der Waals surface area contributed by atoms with Gasteiger partial charge in [0.25, 0.3) is 10.0 Å². The number of piperidine rings is 1. The number of sulfonamides is 1. The third-order valence-electron chi connectivity index (χ3n) is 6.11. The molecular weight excluding hydrogens is 408 g/mol. The molecule has 0 aromatic carbocycles. The van der Waals surface area contributed by atoms with Crippen LogP contribution in [0.3, 0.4) is 0 Å². The molecule has 1 amide bonds. The summed E-state index contributed by atoms with van der Waals surface area (Å²) in [6.07, 6.45) is 1.46. The van der Waals surface area contributed by atoms with E-state index in [0.29, 0.717) is 29.3 Å². The van der Waals surface area contributed by atoms with Gasteiger partial charge in [-0.15, -0.1) is 11.3 Å². The molecule has 2 saturated heterocycles. The third-order valence-corrected chi connectivity index (χ3v) is 9.34. The molecule has 2 aliphatic heterocycles. The van der Waals surface area contributed by atoms with Crippen LogP contribution in [0.25, 0.3) is 0 Å². The van der Waals surface area contributed by atoms with Crippen molar-refractivity contribution >= 4 is 27.3 Å².